The molecule has 0 unspecified atom stereocenters. The smallest absolute Gasteiger partial charge is 0.160 e. The highest BCUT2D eigenvalue weighted by Crippen LogP contribution is 2.30. The van der Waals surface area contributed by atoms with Crippen LogP contribution in [0.1, 0.15) is 5.56 Å². The third-order valence-electron chi connectivity index (χ3n) is 4.02. The van der Waals surface area contributed by atoms with Gasteiger partial charge in [-0.2, -0.15) is 0 Å². The van der Waals surface area contributed by atoms with E-state index in [1.54, 1.807) is 12.4 Å². The fraction of sp³-hybridized carbons (Fsp3) is 0.0526. The van der Waals surface area contributed by atoms with Crippen molar-refractivity contribution in [3.05, 3.63) is 66.7 Å². The zero-order valence-corrected chi connectivity index (χ0v) is 14.1. The molecule has 0 aliphatic carbocycles. The number of aromatic nitrogens is 4. The Hall–Kier alpha value is -3.74. The number of fused-ring (bicyclic) bond motifs is 1. The molecule has 0 aliphatic heterocycles. The molecule has 1 aromatic carbocycles. The number of hydrogen-bond donors (Lipinski definition) is 3. The van der Waals surface area contributed by atoms with Gasteiger partial charge in [-0.1, -0.05) is 24.3 Å². The van der Waals surface area contributed by atoms with Gasteiger partial charge in [-0.25, -0.2) is 15.0 Å². The molecule has 0 atom stereocenters. The summed E-state index contributed by atoms with van der Waals surface area (Å²) >= 11 is 0. The number of nitrogens with two attached hydrogens (primary N) is 1. The molecule has 4 N–H and O–H groups in total. The molecular formula is C19H17N7. The first-order valence-corrected chi connectivity index (χ1v) is 8.12. The molecule has 26 heavy (non-hydrogen) atoms. The van der Waals surface area contributed by atoms with Gasteiger partial charge in [0, 0.05) is 17.8 Å². The summed E-state index contributed by atoms with van der Waals surface area (Å²) in [5, 5.41) is 7.45. The predicted molar refractivity (Wildman–Crippen MR) is 104 cm³/mol. The average Bonchev–Trinajstić information content (AvgIpc) is 2.67. The predicted octanol–water partition coefficient (Wildman–Crippen LogP) is 3.80. The SMILES string of the molecule is Cc1cccnc1Nc1ncnc(Nc2cccc3cccnc23)c1N. The first kappa shape index (κ1) is 15.8. The van der Waals surface area contributed by atoms with Crippen molar-refractivity contribution >= 4 is 39.7 Å². The Morgan fingerprint density at radius 1 is 0.769 bits per heavy atom. The quantitative estimate of drug-likeness (QED) is 0.518. The number of nitrogen functional groups attached to an aromatic ring is 1. The molecule has 7 heteroatoms. The molecule has 0 spiro atoms. The van der Waals surface area contributed by atoms with E-state index in [1.807, 2.05) is 49.4 Å². The van der Waals surface area contributed by atoms with Gasteiger partial charge in [0.1, 0.15) is 17.8 Å². The number of hydrogen-bond acceptors (Lipinski definition) is 7. The van der Waals surface area contributed by atoms with E-state index in [0.29, 0.717) is 23.1 Å². The van der Waals surface area contributed by atoms with Crippen molar-refractivity contribution in [3.63, 3.8) is 0 Å². The number of benzene rings is 1. The Morgan fingerprint density at radius 2 is 1.50 bits per heavy atom. The highest BCUT2D eigenvalue weighted by atomic mass is 15.1. The minimum absolute atomic E-state index is 0.408. The van der Waals surface area contributed by atoms with Crippen LogP contribution in [0.25, 0.3) is 10.9 Å². The molecule has 7 nitrogen and oxygen atoms in total. The van der Waals surface area contributed by atoms with Gasteiger partial charge in [-0.3, -0.25) is 4.98 Å². The number of anilines is 5. The zero-order valence-electron chi connectivity index (χ0n) is 14.1. The molecule has 128 valence electrons. The van der Waals surface area contributed by atoms with Crippen LogP contribution in [0.15, 0.2) is 61.2 Å². The number of nitrogens with one attached hydrogen (secondary N) is 2. The van der Waals surface area contributed by atoms with Crippen LogP contribution in [-0.4, -0.2) is 19.9 Å². The van der Waals surface area contributed by atoms with Crippen molar-refractivity contribution < 1.29 is 0 Å². The summed E-state index contributed by atoms with van der Waals surface area (Å²) in [6.45, 7) is 1.97. The second-order valence-electron chi connectivity index (χ2n) is 5.78. The lowest BCUT2D eigenvalue weighted by Gasteiger charge is -2.14. The van der Waals surface area contributed by atoms with Crippen molar-refractivity contribution in [1.82, 2.24) is 19.9 Å². The highest BCUT2D eigenvalue weighted by molar-refractivity contribution is 5.93. The molecular weight excluding hydrogens is 326 g/mol. The van der Waals surface area contributed by atoms with Crippen molar-refractivity contribution in [3.8, 4) is 0 Å². The maximum absolute atomic E-state index is 6.27. The normalized spacial score (nSPS) is 10.7. The molecule has 0 amide bonds. The first-order valence-electron chi connectivity index (χ1n) is 8.12. The second-order valence-corrected chi connectivity index (χ2v) is 5.78. The molecule has 0 radical (unpaired) electrons. The molecule has 0 bridgehead atoms. The van der Waals surface area contributed by atoms with Crippen LogP contribution in [0, 0.1) is 6.92 Å². The molecule has 0 fully saturated rings. The molecule has 0 saturated heterocycles. The summed E-state index contributed by atoms with van der Waals surface area (Å²) in [6, 6.07) is 13.7. The van der Waals surface area contributed by atoms with E-state index in [1.165, 1.54) is 6.33 Å². The minimum Gasteiger partial charge on any atom is -0.393 e. The van der Waals surface area contributed by atoms with Crippen LogP contribution in [0.2, 0.25) is 0 Å². The number of rotatable bonds is 4. The summed E-state index contributed by atoms with van der Waals surface area (Å²) in [6.07, 6.45) is 4.93. The van der Waals surface area contributed by atoms with Crippen molar-refractivity contribution in [1.29, 1.82) is 0 Å². The largest absolute Gasteiger partial charge is 0.393 e. The van der Waals surface area contributed by atoms with Gasteiger partial charge < -0.3 is 16.4 Å². The van der Waals surface area contributed by atoms with Crippen LogP contribution in [-0.2, 0) is 0 Å². The lowest BCUT2D eigenvalue weighted by Crippen LogP contribution is -2.06. The third-order valence-corrected chi connectivity index (χ3v) is 4.02. The average molecular weight is 343 g/mol. The third kappa shape index (κ3) is 2.98. The Bertz CT molecular complexity index is 1070. The summed E-state index contributed by atoms with van der Waals surface area (Å²) in [7, 11) is 0. The van der Waals surface area contributed by atoms with E-state index in [0.717, 1.165) is 22.2 Å². The molecule has 4 rings (SSSR count). The van der Waals surface area contributed by atoms with E-state index < -0.39 is 0 Å². The van der Waals surface area contributed by atoms with E-state index in [-0.39, 0.29) is 0 Å². The Kier molecular flexibility index (Phi) is 4.03. The van der Waals surface area contributed by atoms with Gasteiger partial charge in [0.2, 0.25) is 0 Å². The standard InChI is InChI=1S/C19H17N7/c1-12-5-3-10-22-17(12)26-19-15(20)18(23-11-24-19)25-14-8-2-6-13-7-4-9-21-16(13)14/h2-11H,20H2,1H3,(H2,22,23,24,25,26). The Labute approximate surface area is 150 Å². The topological polar surface area (TPSA) is 102 Å². The van der Waals surface area contributed by atoms with Crippen molar-refractivity contribution in [2.75, 3.05) is 16.4 Å². The van der Waals surface area contributed by atoms with E-state index in [2.05, 4.69) is 30.6 Å². The number of para-hydroxylation sites is 1. The molecule has 0 saturated carbocycles. The summed E-state index contributed by atoms with van der Waals surface area (Å²) in [4.78, 5) is 17.3. The van der Waals surface area contributed by atoms with Crippen LogP contribution in [0.4, 0.5) is 28.8 Å². The lowest BCUT2D eigenvalue weighted by molar-refractivity contribution is 1.15. The minimum atomic E-state index is 0.408. The number of aryl methyl sites for hydroxylation is 1. The van der Waals surface area contributed by atoms with Crippen LogP contribution in [0.5, 0.6) is 0 Å². The van der Waals surface area contributed by atoms with E-state index >= 15 is 0 Å². The number of nitrogens with zero attached hydrogens (tertiary/aromatic N) is 4. The van der Waals surface area contributed by atoms with Crippen LogP contribution >= 0.6 is 0 Å². The molecule has 3 heterocycles. The van der Waals surface area contributed by atoms with Gasteiger partial charge in [0.15, 0.2) is 11.6 Å². The van der Waals surface area contributed by atoms with Crippen molar-refractivity contribution in [2.45, 2.75) is 6.92 Å². The van der Waals surface area contributed by atoms with Gasteiger partial charge in [-0.15, -0.1) is 0 Å². The molecule has 4 aromatic rings. The van der Waals surface area contributed by atoms with Gasteiger partial charge in [-0.05, 0) is 30.7 Å². The lowest BCUT2D eigenvalue weighted by atomic mass is 10.2. The summed E-state index contributed by atoms with van der Waals surface area (Å²) in [5.74, 6) is 1.71. The fourth-order valence-electron chi connectivity index (χ4n) is 2.66. The summed E-state index contributed by atoms with van der Waals surface area (Å²) in [5.41, 5.74) is 9.36. The van der Waals surface area contributed by atoms with Gasteiger partial charge in [0.25, 0.3) is 0 Å². The maximum atomic E-state index is 6.27. The van der Waals surface area contributed by atoms with Crippen LogP contribution in [0.3, 0.4) is 0 Å². The van der Waals surface area contributed by atoms with Crippen molar-refractivity contribution in [2.24, 2.45) is 0 Å². The highest BCUT2D eigenvalue weighted by Gasteiger charge is 2.11. The van der Waals surface area contributed by atoms with E-state index in [4.69, 9.17) is 5.73 Å². The molecule has 0 aliphatic rings. The Balaban J connectivity index is 1.69. The maximum Gasteiger partial charge on any atom is 0.160 e. The summed E-state index contributed by atoms with van der Waals surface area (Å²) < 4.78 is 0. The second kappa shape index (κ2) is 6.64. The monoisotopic (exact) mass is 343 g/mol. The Morgan fingerprint density at radius 3 is 2.35 bits per heavy atom. The van der Waals surface area contributed by atoms with Crippen LogP contribution < -0.4 is 16.4 Å². The zero-order chi connectivity index (χ0) is 17.9. The van der Waals surface area contributed by atoms with Gasteiger partial charge >= 0.3 is 0 Å². The fourth-order valence-corrected chi connectivity index (χ4v) is 2.66. The molecule has 3 aromatic heterocycles. The van der Waals surface area contributed by atoms with E-state index in [9.17, 15) is 0 Å². The number of pyridine rings is 2. The first-order chi connectivity index (χ1) is 12.7. The van der Waals surface area contributed by atoms with Gasteiger partial charge in [0.05, 0.1) is 11.2 Å².